The molecule has 0 saturated carbocycles. The van der Waals surface area contributed by atoms with E-state index >= 15 is 0 Å². The largest absolute Gasteiger partial charge is 0.377 e. The number of aryl methyl sites for hydroxylation is 1. The van der Waals surface area contributed by atoms with Crippen LogP contribution in [-0.2, 0) is 16.0 Å². The molecular weight excluding hydrogens is 300 g/mol. The lowest BCUT2D eigenvalue weighted by Crippen LogP contribution is -2.37. The van der Waals surface area contributed by atoms with Crippen LogP contribution in [0.15, 0.2) is 30.3 Å². The first-order valence-electron chi connectivity index (χ1n) is 9.47. The number of carbonyl (C=O) groups excluding carboxylic acids is 1. The average molecular weight is 330 g/mol. The van der Waals surface area contributed by atoms with Crippen molar-refractivity contribution in [3.63, 3.8) is 0 Å². The highest BCUT2D eigenvalue weighted by atomic mass is 16.5. The van der Waals surface area contributed by atoms with Gasteiger partial charge in [-0.15, -0.1) is 0 Å². The van der Waals surface area contributed by atoms with E-state index in [1.807, 2.05) is 6.07 Å². The highest BCUT2D eigenvalue weighted by Gasteiger charge is 2.23. The van der Waals surface area contributed by atoms with Crippen molar-refractivity contribution in [3.05, 3.63) is 35.9 Å². The lowest BCUT2D eigenvalue weighted by Gasteiger charge is -2.24. The molecule has 24 heavy (non-hydrogen) atoms. The van der Waals surface area contributed by atoms with E-state index in [-0.39, 0.29) is 0 Å². The number of carbonyl (C=O) groups is 1. The Morgan fingerprint density at radius 1 is 1.08 bits per heavy atom. The lowest BCUT2D eigenvalue weighted by atomic mass is 10.1. The molecule has 2 aliphatic rings. The molecule has 2 saturated heterocycles. The SMILES string of the molecule is O=C(CCCc1ccccc1)N1CCCN(CC2CCCO2)CC1. The molecule has 0 spiro atoms. The van der Waals surface area contributed by atoms with E-state index in [1.54, 1.807) is 0 Å². The summed E-state index contributed by atoms with van der Waals surface area (Å²) in [5.41, 5.74) is 1.32. The van der Waals surface area contributed by atoms with Gasteiger partial charge in [0.05, 0.1) is 6.10 Å². The molecule has 1 unspecified atom stereocenters. The molecule has 4 nitrogen and oxygen atoms in total. The minimum absolute atomic E-state index is 0.324. The monoisotopic (exact) mass is 330 g/mol. The minimum Gasteiger partial charge on any atom is -0.377 e. The minimum atomic E-state index is 0.324. The molecule has 132 valence electrons. The number of rotatable bonds is 6. The molecular formula is C20H30N2O2. The average Bonchev–Trinajstić information content (AvgIpc) is 3.00. The molecule has 1 atom stereocenters. The molecule has 4 heteroatoms. The molecule has 0 N–H and O–H groups in total. The van der Waals surface area contributed by atoms with Crippen molar-refractivity contribution < 1.29 is 9.53 Å². The first kappa shape index (κ1) is 17.4. The zero-order chi connectivity index (χ0) is 16.6. The van der Waals surface area contributed by atoms with Crippen LogP contribution in [0.25, 0.3) is 0 Å². The number of hydrogen-bond acceptors (Lipinski definition) is 3. The first-order chi connectivity index (χ1) is 11.8. The van der Waals surface area contributed by atoms with Gasteiger partial charge in [-0.2, -0.15) is 0 Å². The Kier molecular flexibility index (Phi) is 6.67. The maximum absolute atomic E-state index is 12.5. The Hall–Kier alpha value is -1.39. The van der Waals surface area contributed by atoms with Crippen LogP contribution in [0.1, 0.15) is 37.7 Å². The second-order valence-electron chi connectivity index (χ2n) is 7.01. The number of amides is 1. The standard InChI is InChI=1S/C20H30N2O2/c23-20(11-4-9-18-7-2-1-3-8-18)22-13-6-12-21(14-15-22)17-19-10-5-16-24-19/h1-3,7-8,19H,4-6,9-17H2. The molecule has 1 amide bonds. The van der Waals surface area contributed by atoms with E-state index in [1.165, 1.54) is 18.4 Å². The van der Waals surface area contributed by atoms with Crippen molar-refractivity contribution in [2.45, 2.75) is 44.6 Å². The van der Waals surface area contributed by atoms with E-state index in [0.717, 1.165) is 58.6 Å². The van der Waals surface area contributed by atoms with Crippen LogP contribution in [0.4, 0.5) is 0 Å². The van der Waals surface area contributed by atoms with Crippen molar-refractivity contribution >= 4 is 5.91 Å². The summed E-state index contributed by atoms with van der Waals surface area (Å²) in [6.45, 7) is 5.82. The van der Waals surface area contributed by atoms with E-state index in [4.69, 9.17) is 4.74 Å². The zero-order valence-corrected chi connectivity index (χ0v) is 14.7. The summed E-state index contributed by atoms with van der Waals surface area (Å²) < 4.78 is 5.74. The number of ether oxygens (including phenoxy) is 1. The van der Waals surface area contributed by atoms with E-state index < -0.39 is 0 Å². The smallest absolute Gasteiger partial charge is 0.222 e. The Morgan fingerprint density at radius 2 is 1.96 bits per heavy atom. The summed E-state index contributed by atoms with van der Waals surface area (Å²) in [5, 5.41) is 0. The van der Waals surface area contributed by atoms with Gasteiger partial charge in [-0.3, -0.25) is 9.69 Å². The Balaban J connectivity index is 1.37. The molecule has 2 aliphatic heterocycles. The van der Waals surface area contributed by atoms with Gasteiger partial charge >= 0.3 is 0 Å². The third kappa shape index (κ3) is 5.32. The molecule has 0 aliphatic carbocycles. The van der Waals surface area contributed by atoms with Crippen LogP contribution >= 0.6 is 0 Å². The van der Waals surface area contributed by atoms with Gasteiger partial charge in [0.15, 0.2) is 0 Å². The summed E-state index contributed by atoms with van der Waals surface area (Å²) in [5.74, 6) is 0.324. The van der Waals surface area contributed by atoms with Gasteiger partial charge in [0.1, 0.15) is 0 Å². The van der Waals surface area contributed by atoms with Crippen LogP contribution in [0.2, 0.25) is 0 Å². The second-order valence-corrected chi connectivity index (χ2v) is 7.01. The third-order valence-corrected chi connectivity index (χ3v) is 5.13. The molecule has 1 aromatic carbocycles. The Morgan fingerprint density at radius 3 is 2.75 bits per heavy atom. The van der Waals surface area contributed by atoms with Gasteiger partial charge in [0, 0.05) is 39.2 Å². The quantitative estimate of drug-likeness (QED) is 0.804. The maximum Gasteiger partial charge on any atom is 0.222 e. The normalized spacial score (nSPS) is 22.5. The van der Waals surface area contributed by atoms with E-state index in [2.05, 4.69) is 34.1 Å². The predicted molar refractivity (Wildman–Crippen MR) is 96.0 cm³/mol. The topological polar surface area (TPSA) is 32.8 Å². The highest BCUT2D eigenvalue weighted by Crippen LogP contribution is 2.15. The summed E-state index contributed by atoms with van der Waals surface area (Å²) in [6.07, 6.45) is 6.49. The number of benzene rings is 1. The molecule has 2 heterocycles. The summed E-state index contributed by atoms with van der Waals surface area (Å²) in [6, 6.07) is 10.4. The first-order valence-corrected chi connectivity index (χ1v) is 9.47. The summed E-state index contributed by atoms with van der Waals surface area (Å²) in [4.78, 5) is 17.0. The van der Waals surface area contributed by atoms with Crippen molar-refractivity contribution in [3.8, 4) is 0 Å². The number of hydrogen-bond donors (Lipinski definition) is 0. The van der Waals surface area contributed by atoms with Crippen molar-refractivity contribution in [2.24, 2.45) is 0 Å². The van der Waals surface area contributed by atoms with Crippen molar-refractivity contribution in [1.29, 1.82) is 0 Å². The van der Waals surface area contributed by atoms with Crippen LogP contribution in [0.5, 0.6) is 0 Å². The fourth-order valence-electron chi connectivity index (χ4n) is 3.73. The molecule has 0 aromatic heterocycles. The van der Waals surface area contributed by atoms with Crippen LogP contribution in [0, 0.1) is 0 Å². The van der Waals surface area contributed by atoms with Crippen molar-refractivity contribution in [1.82, 2.24) is 9.80 Å². The van der Waals surface area contributed by atoms with Gasteiger partial charge in [-0.05, 0) is 44.2 Å². The van der Waals surface area contributed by atoms with Gasteiger partial charge < -0.3 is 9.64 Å². The summed E-state index contributed by atoms with van der Waals surface area (Å²) >= 11 is 0. The second kappa shape index (κ2) is 9.19. The van der Waals surface area contributed by atoms with E-state index in [0.29, 0.717) is 18.4 Å². The highest BCUT2D eigenvalue weighted by molar-refractivity contribution is 5.76. The molecule has 3 rings (SSSR count). The molecule has 1 aromatic rings. The van der Waals surface area contributed by atoms with Crippen LogP contribution < -0.4 is 0 Å². The van der Waals surface area contributed by atoms with Crippen LogP contribution in [0.3, 0.4) is 0 Å². The van der Waals surface area contributed by atoms with Gasteiger partial charge in [0.25, 0.3) is 0 Å². The predicted octanol–water partition coefficient (Wildman–Crippen LogP) is 2.72. The van der Waals surface area contributed by atoms with Crippen molar-refractivity contribution in [2.75, 3.05) is 39.3 Å². The fourth-order valence-corrected chi connectivity index (χ4v) is 3.73. The lowest BCUT2D eigenvalue weighted by molar-refractivity contribution is -0.131. The molecule has 2 fully saturated rings. The van der Waals surface area contributed by atoms with Gasteiger partial charge in [-0.25, -0.2) is 0 Å². The number of nitrogens with zero attached hydrogens (tertiary/aromatic N) is 2. The van der Waals surface area contributed by atoms with Gasteiger partial charge in [0.2, 0.25) is 5.91 Å². The molecule has 0 radical (unpaired) electrons. The fraction of sp³-hybridized carbons (Fsp3) is 0.650. The summed E-state index contributed by atoms with van der Waals surface area (Å²) in [7, 11) is 0. The van der Waals surface area contributed by atoms with E-state index in [9.17, 15) is 4.79 Å². The molecule has 0 bridgehead atoms. The zero-order valence-electron chi connectivity index (χ0n) is 14.7. The Labute approximate surface area is 145 Å². The maximum atomic E-state index is 12.5. The third-order valence-electron chi connectivity index (χ3n) is 5.13. The van der Waals surface area contributed by atoms with Crippen LogP contribution in [-0.4, -0.2) is 61.1 Å². The Bertz CT molecular complexity index is 500. The van der Waals surface area contributed by atoms with Gasteiger partial charge in [-0.1, -0.05) is 30.3 Å².